The highest BCUT2D eigenvalue weighted by Crippen LogP contribution is 2.36. The van der Waals surface area contributed by atoms with Gasteiger partial charge in [0, 0.05) is 17.9 Å². The summed E-state index contributed by atoms with van der Waals surface area (Å²) in [7, 11) is 0. The Morgan fingerprint density at radius 1 is 1.43 bits per heavy atom. The van der Waals surface area contributed by atoms with Crippen molar-refractivity contribution in [2.75, 3.05) is 5.32 Å². The number of nitrogens with one attached hydrogen (secondary N) is 1. The third kappa shape index (κ3) is 3.50. The van der Waals surface area contributed by atoms with Crippen LogP contribution in [-0.2, 0) is 6.54 Å². The SMILES string of the molecule is CC(C)Oc1ccc(NCc2cncn2C2CC2)cc1Cl. The maximum atomic E-state index is 6.24. The van der Waals surface area contributed by atoms with E-state index in [4.69, 9.17) is 16.3 Å². The van der Waals surface area contributed by atoms with Gasteiger partial charge in [0.1, 0.15) is 5.75 Å². The van der Waals surface area contributed by atoms with Crippen molar-refractivity contribution >= 4 is 17.3 Å². The highest BCUT2D eigenvalue weighted by atomic mass is 35.5. The lowest BCUT2D eigenvalue weighted by Gasteiger charge is -2.13. The quantitative estimate of drug-likeness (QED) is 0.866. The average molecular weight is 306 g/mol. The van der Waals surface area contributed by atoms with Crippen LogP contribution in [0.25, 0.3) is 0 Å². The summed E-state index contributed by atoms with van der Waals surface area (Å²) in [4.78, 5) is 4.24. The van der Waals surface area contributed by atoms with Gasteiger partial charge in [-0.15, -0.1) is 0 Å². The average Bonchev–Trinajstić information content (AvgIpc) is 3.18. The molecule has 0 radical (unpaired) electrons. The first-order valence-electron chi connectivity index (χ1n) is 7.34. The molecule has 0 aliphatic heterocycles. The number of benzene rings is 1. The van der Waals surface area contributed by atoms with Crippen LogP contribution in [-0.4, -0.2) is 15.7 Å². The van der Waals surface area contributed by atoms with Gasteiger partial charge < -0.3 is 14.6 Å². The summed E-state index contributed by atoms with van der Waals surface area (Å²) < 4.78 is 7.89. The van der Waals surface area contributed by atoms with Gasteiger partial charge in [0.15, 0.2) is 0 Å². The van der Waals surface area contributed by atoms with Crippen molar-refractivity contribution in [1.82, 2.24) is 9.55 Å². The fourth-order valence-electron chi connectivity index (χ4n) is 2.30. The molecule has 0 saturated heterocycles. The minimum atomic E-state index is 0.120. The maximum Gasteiger partial charge on any atom is 0.138 e. The van der Waals surface area contributed by atoms with Gasteiger partial charge in [0.2, 0.25) is 0 Å². The number of anilines is 1. The summed E-state index contributed by atoms with van der Waals surface area (Å²) in [6.07, 6.45) is 6.48. The van der Waals surface area contributed by atoms with Gasteiger partial charge in [-0.05, 0) is 44.9 Å². The summed E-state index contributed by atoms with van der Waals surface area (Å²) in [6, 6.07) is 6.44. The molecule has 1 aromatic heterocycles. The first-order chi connectivity index (χ1) is 10.1. The van der Waals surface area contributed by atoms with E-state index in [9.17, 15) is 0 Å². The number of aromatic nitrogens is 2. The molecule has 2 aromatic rings. The zero-order chi connectivity index (χ0) is 14.8. The molecule has 0 spiro atoms. The summed E-state index contributed by atoms with van der Waals surface area (Å²) in [5, 5.41) is 4.02. The largest absolute Gasteiger partial charge is 0.489 e. The van der Waals surface area contributed by atoms with Gasteiger partial charge in [-0.3, -0.25) is 0 Å². The Morgan fingerprint density at radius 2 is 2.24 bits per heavy atom. The lowest BCUT2D eigenvalue weighted by Crippen LogP contribution is -2.07. The molecule has 4 nitrogen and oxygen atoms in total. The van der Waals surface area contributed by atoms with Gasteiger partial charge in [-0.25, -0.2) is 4.98 Å². The van der Waals surface area contributed by atoms with Crippen molar-refractivity contribution in [2.45, 2.75) is 45.4 Å². The molecule has 3 rings (SSSR count). The van der Waals surface area contributed by atoms with E-state index in [1.165, 1.54) is 18.5 Å². The second kappa shape index (κ2) is 5.98. The molecule has 112 valence electrons. The van der Waals surface area contributed by atoms with Crippen LogP contribution in [0.3, 0.4) is 0 Å². The van der Waals surface area contributed by atoms with Crippen LogP contribution in [0.1, 0.15) is 38.4 Å². The zero-order valence-electron chi connectivity index (χ0n) is 12.3. The van der Waals surface area contributed by atoms with Gasteiger partial charge in [0.05, 0.1) is 29.7 Å². The highest BCUT2D eigenvalue weighted by molar-refractivity contribution is 6.32. The van der Waals surface area contributed by atoms with E-state index >= 15 is 0 Å². The summed E-state index contributed by atoms with van der Waals surface area (Å²) in [5.41, 5.74) is 2.19. The normalized spacial score (nSPS) is 14.5. The fourth-order valence-corrected chi connectivity index (χ4v) is 2.53. The Bertz CT molecular complexity index is 620. The Labute approximate surface area is 130 Å². The van der Waals surface area contributed by atoms with Crippen LogP contribution in [0.5, 0.6) is 5.75 Å². The standard InChI is InChI=1S/C16H20ClN3O/c1-11(2)21-16-6-3-12(7-15(16)17)19-9-14-8-18-10-20(14)13-4-5-13/h3,6-8,10-11,13,19H,4-5,9H2,1-2H3. The van der Waals surface area contributed by atoms with E-state index in [-0.39, 0.29) is 6.10 Å². The molecule has 1 saturated carbocycles. The first-order valence-corrected chi connectivity index (χ1v) is 7.72. The van der Waals surface area contributed by atoms with E-state index < -0.39 is 0 Å². The maximum absolute atomic E-state index is 6.24. The van der Waals surface area contributed by atoms with Crippen molar-refractivity contribution in [2.24, 2.45) is 0 Å². The molecule has 0 atom stereocenters. The Morgan fingerprint density at radius 3 is 2.90 bits per heavy atom. The Hall–Kier alpha value is -1.68. The molecule has 1 heterocycles. The monoisotopic (exact) mass is 305 g/mol. The number of ether oxygens (including phenoxy) is 1. The minimum Gasteiger partial charge on any atom is -0.489 e. The Kier molecular flexibility index (Phi) is 4.06. The number of hydrogen-bond acceptors (Lipinski definition) is 3. The second-order valence-corrected chi connectivity index (χ2v) is 6.10. The number of halogens is 1. The molecule has 0 amide bonds. The van der Waals surface area contributed by atoms with Crippen molar-refractivity contribution < 1.29 is 4.74 Å². The Balaban J connectivity index is 1.65. The lowest BCUT2D eigenvalue weighted by atomic mass is 10.3. The number of rotatable bonds is 6. The molecule has 5 heteroatoms. The van der Waals surface area contributed by atoms with E-state index in [0.717, 1.165) is 18.0 Å². The third-order valence-corrected chi connectivity index (χ3v) is 3.75. The highest BCUT2D eigenvalue weighted by Gasteiger charge is 2.24. The fraction of sp³-hybridized carbons (Fsp3) is 0.438. The van der Waals surface area contributed by atoms with Gasteiger partial charge >= 0.3 is 0 Å². The topological polar surface area (TPSA) is 39.1 Å². The molecule has 1 fully saturated rings. The van der Waals surface area contributed by atoms with E-state index in [2.05, 4.69) is 14.9 Å². The molecule has 1 aromatic carbocycles. The van der Waals surface area contributed by atoms with Gasteiger partial charge in [-0.1, -0.05) is 11.6 Å². The minimum absolute atomic E-state index is 0.120. The van der Waals surface area contributed by atoms with E-state index in [1.807, 2.05) is 44.6 Å². The van der Waals surface area contributed by atoms with Crippen LogP contribution in [0, 0.1) is 0 Å². The van der Waals surface area contributed by atoms with Crippen LogP contribution in [0.15, 0.2) is 30.7 Å². The predicted octanol–water partition coefficient (Wildman–Crippen LogP) is 4.27. The third-order valence-electron chi connectivity index (χ3n) is 3.45. The van der Waals surface area contributed by atoms with Gasteiger partial charge in [0.25, 0.3) is 0 Å². The molecular weight excluding hydrogens is 286 g/mol. The van der Waals surface area contributed by atoms with E-state index in [0.29, 0.717) is 11.1 Å². The first kappa shape index (κ1) is 14.3. The van der Waals surface area contributed by atoms with Crippen molar-refractivity contribution in [3.05, 3.63) is 41.4 Å². The molecule has 1 N–H and O–H groups in total. The van der Waals surface area contributed by atoms with Gasteiger partial charge in [-0.2, -0.15) is 0 Å². The molecule has 1 aliphatic rings. The summed E-state index contributed by atoms with van der Waals surface area (Å²) in [6.45, 7) is 4.72. The predicted molar refractivity (Wildman–Crippen MR) is 85.0 cm³/mol. The molecule has 0 bridgehead atoms. The van der Waals surface area contributed by atoms with Crippen LogP contribution < -0.4 is 10.1 Å². The molecular formula is C16H20ClN3O. The smallest absolute Gasteiger partial charge is 0.138 e. The van der Waals surface area contributed by atoms with Crippen LogP contribution in [0.4, 0.5) is 5.69 Å². The zero-order valence-corrected chi connectivity index (χ0v) is 13.1. The van der Waals surface area contributed by atoms with Crippen LogP contribution >= 0.6 is 11.6 Å². The number of hydrogen-bond donors (Lipinski definition) is 1. The number of imidazole rings is 1. The number of nitrogens with zero attached hydrogens (tertiary/aromatic N) is 2. The lowest BCUT2D eigenvalue weighted by molar-refractivity contribution is 0.242. The molecule has 1 aliphatic carbocycles. The van der Waals surface area contributed by atoms with Crippen molar-refractivity contribution in [3.8, 4) is 5.75 Å². The van der Waals surface area contributed by atoms with Crippen molar-refractivity contribution in [3.63, 3.8) is 0 Å². The van der Waals surface area contributed by atoms with E-state index in [1.54, 1.807) is 0 Å². The van der Waals surface area contributed by atoms with Crippen LogP contribution in [0.2, 0.25) is 5.02 Å². The second-order valence-electron chi connectivity index (χ2n) is 5.69. The summed E-state index contributed by atoms with van der Waals surface area (Å²) in [5.74, 6) is 0.722. The van der Waals surface area contributed by atoms with Crippen molar-refractivity contribution in [1.29, 1.82) is 0 Å². The molecule has 21 heavy (non-hydrogen) atoms. The molecule has 0 unspecified atom stereocenters. The summed E-state index contributed by atoms with van der Waals surface area (Å²) >= 11 is 6.24.